The number of imidazole rings is 1. The number of hydrogen-bond acceptors (Lipinski definition) is 2. The lowest BCUT2D eigenvalue weighted by atomic mass is 9.64. The number of aromatic nitrogens is 2. The van der Waals surface area contributed by atoms with Crippen molar-refractivity contribution in [2.75, 3.05) is 13.1 Å². The highest BCUT2D eigenvalue weighted by atomic mass is 19.1. The Kier molecular flexibility index (Phi) is 6.19. The van der Waals surface area contributed by atoms with E-state index in [1.165, 1.54) is 36.4 Å². The highest BCUT2D eigenvalue weighted by Crippen LogP contribution is 2.46. The zero-order valence-electron chi connectivity index (χ0n) is 20.6. The lowest BCUT2D eigenvalue weighted by molar-refractivity contribution is 0.0948. The molecular formula is C30H30F3N3O. The van der Waals surface area contributed by atoms with Crippen molar-refractivity contribution < 1.29 is 13.2 Å². The van der Waals surface area contributed by atoms with Crippen LogP contribution in [0.2, 0.25) is 0 Å². The van der Waals surface area contributed by atoms with Crippen molar-refractivity contribution >= 4 is 11.0 Å². The molecule has 7 heteroatoms. The number of fused-ring (bicyclic) bond motifs is 1. The summed E-state index contributed by atoms with van der Waals surface area (Å²) >= 11 is 0. The summed E-state index contributed by atoms with van der Waals surface area (Å²) < 4.78 is 42.8. The minimum absolute atomic E-state index is 0.0871. The minimum Gasteiger partial charge on any atom is -0.305 e. The van der Waals surface area contributed by atoms with Crippen molar-refractivity contribution in [1.29, 1.82) is 0 Å². The van der Waals surface area contributed by atoms with Gasteiger partial charge in [-0.25, -0.2) is 18.0 Å². The molecule has 4 nitrogen and oxygen atoms in total. The first-order chi connectivity index (χ1) is 17.9. The maximum atomic E-state index is 13.7. The van der Waals surface area contributed by atoms with E-state index in [1.807, 2.05) is 24.3 Å². The third kappa shape index (κ3) is 4.39. The van der Waals surface area contributed by atoms with Crippen LogP contribution in [0.4, 0.5) is 13.2 Å². The third-order valence-corrected chi connectivity index (χ3v) is 8.66. The first-order valence-corrected chi connectivity index (χ1v) is 13.1. The Hall–Kier alpha value is -3.32. The van der Waals surface area contributed by atoms with Crippen molar-refractivity contribution in [3.63, 3.8) is 0 Å². The van der Waals surface area contributed by atoms with E-state index >= 15 is 0 Å². The molecule has 37 heavy (non-hydrogen) atoms. The minimum atomic E-state index is -0.356. The van der Waals surface area contributed by atoms with Crippen LogP contribution in [-0.4, -0.2) is 33.6 Å². The van der Waals surface area contributed by atoms with E-state index in [-0.39, 0.29) is 34.6 Å². The summed E-state index contributed by atoms with van der Waals surface area (Å²) in [6, 6.07) is 18.5. The maximum absolute atomic E-state index is 13.7. The Bertz CT molecular complexity index is 1390. The number of likely N-dealkylation sites (tertiary alicyclic amines) is 1. The molecule has 4 aromatic rings. The highest BCUT2D eigenvalue weighted by Gasteiger charge is 2.40. The Balaban J connectivity index is 1.17. The predicted octanol–water partition coefficient (Wildman–Crippen LogP) is 6.31. The molecule has 1 saturated heterocycles. The zero-order valence-corrected chi connectivity index (χ0v) is 20.6. The average Bonchev–Trinajstić information content (AvgIpc) is 3.24. The number of H-pyrrole nitrogens is 1. The van der Waals surface area contributed by atoms with E-state index < -0.39 is 0 Å². The molecule has 2 heterocycles. The van der Waals surface area contributed by atoms with Gasteiger partial charge in [0.1, 0.15) is 17.5 Å². The summed E-state index contributed by atoms with van der Waals surface area (Å²) in [4.78, 5) is 18.0. The SMILES string of the molecule is O=c1[nH]c2cc(F)ccc2n1C1CCN(C2CCC(c3ccc(F)cc3)(c3ccc(F)cc3)CC2)CC1. The lowest BCUT2D eigenvalue weighted by Crippen LogP contribution is -2.46. The molecule has 1 aromatic heterocycles. The van der Waals surface area contributed by atoms with Gasteiger partial charge >= 0.3 is 5.69 Å². The van der Waals surface area contributed by atoms with E-state index in [0.717, 1.165) is 68.3 Å². The predicted molar refractivity (Wildman–Crippen MR) is 138 cm³/mol. The van der Waals surface area contributed by atoms with Crippen LogP contribution in [-0.2, 0) is 5.41 Å². The van der Waals surface area contributed by atoms with Gasteiger partial charge in [0.25, 0.3) is 0 Å². The Morgan fingerprint density at radius 1 is 0.703 bits per heavy atom. The van der Waals surface area contributed by atoms with E-state index in [9.17, 15) is 18.0 Å². The van der Waals surface area contributed by atoms with E-state index in [0.29, 0.717) is 11.6 Å². The van der Waals surface area contributed by atoms with E-state index in [4.69, 9.17) is 0 Å². The summed E-state index contributed by atoms with van der Waals surface area (Å²) in [5, 5.41) is 0. The Morgan fingerprint density at radius 3 is 1.81 bits per heavy atom. The van der Waals surface area contributed by atoms with Crippen LogP contribution in [0, 0.1) is 17.5 Å². The second kappa shape index (κ2) is 9.53. The van der Waals surface area contributed by atoms with Crippen LogP contribution in [0.25, 0.3) is 11.0 Å². The number of nitrogens with one attached hydrogen (secondary N) is 1. The lowest BCUT2D eigenvalue weighted by Gasteiger charge is -2.46. The second-order valence-corrected chi connectivity index (χ2v) is 10.6. The molecule has 0 unspecified atom stereocenters. The molecule has 1 saturated carbocycles. The molecule has 0 atom stereocenters. The van der Waals surface area contributed by atoms with Gasteiger partial charge in [-0.05, 0) is 92.1 Å². The van der Waals surface area contributed by atoms with Gasteiger partial charge in [0, 0.05) is 30.6 Å². The van der Waals surface area contributed by atoms with Crippen LogP contribution in [0.15, 0.2) is 71.5 Å². The van der Waals surface area contributed by atoms with Gasteiger partial charge in [-0.1, -0.05) is 24.3 Å². The first kappa shape index (κ1) is 24.0. The topological polar surface area (TPSA) is 41.0 Å². The number of rotatable bonds is 4. The van der Waals surface area contributed by atoms with Gasteiger partial charge in [-0.15, -0.1) is 0 Å². The van der Waals surface area contributed by atoms with Gasteiger partial charge in [0.05, 0.1) is 11.0 Å². The second-order valence-electron chi connectivity index (χ2n) is 10.6. The van der Waals surface area contributed by atoms with Gasteiger partial charge < -0.3 is 9.88 Å². The molecule has 3 aromatic carbocycles. The summed E-state index contributed by atoms with van der Waals surface area (Å²) in [5.41, 5.74) is 3.01. The number of benzene rings is 3. The maximum Gasteiger partial charge on any atom is 0.326 e. The number of nitrogens with zero attached hydrogens (tertiary/aromatic N) is 2. The molecule has 0 bridgehead atoms. The summed E-state index contributed by atoms with van der Waals surface area (Å²) in [5.74, 6) is -0.867. The molecule has 1 aliphatic carbocycles. The number of hydrogen-bond donors (Lipinski definition) is 1. The summed E-state index contributed by atoms with van der Waals surface area (Å²) in [6.07, 6.45) is 5.52. The summed E-state index contributed by atoms with van der Waals surface area (Å²) in [7, 11) is 0. The van der Waals surface area contributed by atoms with Gasteiger partial charge in [-0.3, -0.25) is 4.57 Å². The van der Waals surface area contributed by atoms with Crippen molar-refractivity contribution in [2.45, 2.75) is 56.0 Å². The molecule has 1 N–H and O–H groups in total. The van der Waals surface area contributed by atoms with Gasteiger partial charge in [-0.2, -0.15) is 0 Å². The Labute approximate surface area is 213 Å². The first-order valence-electron chi connectivity index (χ1n) is 13.1. The molecule has 0 spiro atoms. The highest BCUT2D eigenvalue weighted by molar-refractivity contribution is 5.75. The van der Waals surface area contributed by atoms with Crippen LogP contribution < -0.4 is 5.69 Å². The molecule has 0 radical (unpaired) electrons. The fourth-order valence-electron chi connectivity index (χ4n) is 6.72. The molecular weight excluding hydrogens is 475 g/mol. The molecule has 6 rings (SSSR count). The number of piperidine rings is 1. The van der Waals surface area contributed by atoms with E-state index in [2.05, 4.69) is 9.88 Å². The molecule has 192 valence electrons. The monoisotopic (exact) mass is 505 g/mol. The average molecular weight is 506 g/mol. The third-order valence-electron chi connectivity index (χ3n) is 8.66. The molecule has 2 fully saturated rings. The van der Waals surface area contributed by atoms with Gasteiger partial charge in [0.2, 0.25) is 0 Å². The zero-order chi connectivity index (χ0) is 25.6. The number of aromatic amines is 1. The van der Waals surface area contributed by atoms with Crippen LogP contribution >= 0.6 is 0 Å². The van der Waals surface area contributed by atoms with Crippen molar-refractivity contribution in [2.24, 2.45) is 0 Å². The smallest absolute Gasteiger partial charge is 0.305 e. The van der Waals surface area contributed by atoms with Crippen molar-refractivity contribution in [3.05, 3.63) is 106 Å². The van der Waals surface area contributed by atoms with Crippen molar-refractivity contribution in [1.82, 2.24) is 14.5 Å². The van der Waals surface area contributed by atoms with Gasteiger partial charge in [0.15, 0.2) is 0 Å². The fourth-order valence-corrected chi connectivity index (χ4v) is 6.72. The molecule has 1 aliphatic heterocycles. The van der Waals surface area contributed by atoms with Crippen LogP contribution in [0.1, 0.15) is 55.7 Å². The largest absolute Gasteiger partial charge is 0.326 e. The summed E-state index contributed by atoms with van der Waals surface area (Å²) in [6.45, 7) is 1.80. The van der Waals surface area contributed by atoms with E-state index in [1.54, 1.807) is 10.6 Å². The number of halogens is 3. The normalized spacial score (nSPS) is 19.4. The molecule has 2 aliphatic rings. The Morgan fingerprint density at radius 2 is 1.24 bits per heavy atom. The molecule has 0 amide bonds. The van der Waals surface area contributed by atoms with Crippen molar-refractivity contribution in [3.8, 4) is 0 Å². The van der Waals surface area contributed by atoms with Crippen LogP contribution in [0.5, 0.6) is 0 Å². The fraction of sp³-hybridized carbons (Fsp3) is 0.367. The standard InChI is InChI=1S/C30H30F3N3O/c31-22-5-1-20(2-6-22)30(21-3-7-23(32)8-4-21)15-11-25(12-16-30)35-17-13-26(14-18-35)36-28-10-9-24(33)19-27(28)34-29(36)37/h1-10,19,25-26H,11-18H2,(H,34,37). The van der Waals surface area contributed by atoms with Crippen LogP contribution in [0.3, 0.4) is 0 Å². The quantitative estimate of drug-likeness (QED) is 0.353.